The minimum absolute atomic E-state index is 0.116. The lowest BCUT2D eigenvalue weighted by Gasteiger charge is -2.22. The van der Waals surface area contributed by atoms with Crippen molar-refractivity contribution in [3.05, 3.63) is 18.0 Å². The molecule has 1 heterocycles. The average Bonchev–Trinajstić information content (AvgIpc) is 2.82. The molecule has 120 valence electrons. The Morgan fingerprint density at radius 2 is 2.05 bits per heavy atom. The van der Waals surface area contributed by atoms with Gasteiger partial charge in [0.2, 0.25) is 0 Å². The number of aryl methyl sites for hydroxylation is 1. The number of esters is 1. The Hall–Kier alpha value is -1.05. The van der Waals surface area contributed by atoms with Crippen molar-refractivity contribution < 1.29 is 22.7 Å². The highest BCUT2D eigenvalue weighted by Gasteiger charge is 2.22. The van der Waals surface area contributed by atoms with E-state index in [-0.39, 0.29) is 17.2 Å². The van der Waals surface area contributed by atoms with Crippen LogP contribution in [0.5, 0.6) is 0 Å². The van der Waals surface area contributed by atoms with Gasteiger partial charge in [-0.2, -0.15) is 0 Å². The molecule has 0 saturated carbocycles. The van der Waals surface area contributed by atoms with Gasteiger partial charge < -0.3 is 14.0 Å². The van der Waals surface area contributed by atoms with Gasteiger partial charge in [0.05, 0.1) is 12.2 Å². The van der Waals surface area contributed by atoms with Crippen molar-refractivity contribution in [2.45, 2.75) is 44.2 Å². The summed E-state index contributed by atoms with van der Waals surface area (Å²) in [4.78, 5) is 11.9. The summed E-state index contributed by atoms with van der Waals surface area (Å²) in [7, 11) is 2.99. The molecule has 0 fully saturated rings. The third-order valence-corrected chi connectivity index (χ3v) is 4.51. The lowest BCUT2D eigenvalue weighted by molar-refractivity contribution is -0.00593. The van der Waals surface area contributed by atoms with Gasteiger partial charge in [0.15, 0.2) is 0 Å². The number of hydrogen-bond donors (Lipinski definition) is 0. The molecule has 1 aromatic rings. The fraction of sp³-hybridized carbons (Fsp3) is 0.615. The van der Waals surface area contributed by atoms with Crippen LogP contribution in [0.25, 0.3) is 0 Å². The molecule has 0 spiro atoms. The zero-order valence-electron chi connectivity index (χ0n) is 12.6. The second-order valence-corrected chi connectivity index (χ2v) is 7.70. The Morgan fingerprint density at radius 3 is 2.52 bits per heavy atom. The summed E-state index contributed by atoms with van der Waals surface area (Å²) < 4.78 is 34.5. The molecule has 0 N–H and O–H groups in total. The van der Waals surface area contributed by atoms with Gasteiger partial charge in [0.25, 0.3) is 9.05 Å². The van der Waals surface area contributed by atoms with E-state index in [0.717, 1.165) is 0 Å². The molecule has 1 rings (SSSR count). The van der Waals surface area contributed by atoms with E-state index in [9.17, 15) is 13.2 Å². The molecule has 0 aliphatic carbocycles. The van der Waals surface area contributed by atoms with Gasteiger partial charge in [-0.25, -0.2) is 13.2 Å². The molecule has 0 bridgehead atoms. The maximum absolute atomic E-state index is 12.0. The maximum atomic E-state index is 12.0. The van der Waals surface area contributed by atoms with Gasteiger partial charge in [-0.3, -0.25) is 0 Å². The van der Waals surface area contributed by atoms with Crippen LogP contribution in [0.2, 0.25) is 0 Å². The summed E-state index contributed by atoms with van der Waals surface area (Å²) in [6.45, 7) is 6.16. The Bertz CT molecular complexity index is 606. The fourth-order valence-corrected chi connectivity index (χ4v) is 2.37. The number of halogens is 1. The van der Waals surface area contributed by atoms with Crippen LogP contribution >= 0.6 is 10.7 Å². The highest BCUT2D eigenvalue weighted by Crippen LogP contribution is 2.20. The van der Waals surface area contributed by atoms with Crippen molar-refractivity contribution in [3.63, 3.8) is 0 Å². The second-order valence-electron chi connectivity index (χ2n) is 5.13. The minimum Gasteiger partial charge on any atom is -0.461 e. The van der Waals surface area contributed by atoms with Crippen LogP contribution in [0.4, 0.5) is 0 Å². The number of methoxy groups -OCH3 is 1. The van der Waals surface area contributed by atoms with Crippen LogP contribution in [-0.4, -0.2) is 38.3 Å². The zero-order valence-corrected chi connectivity index (χ0v) is 14.1. The molecule has 0 radical (unpaired) electrons. The smallest absolute Gasteiger partial charge is 0.354 e. The van der Waals surface area contributed by atoms with E-state index >= 15 is 0 Å². The van der Waals surface area contributed by atoms with Crippen molar-refractivity contribution >= 4 is 25.7 Å². The van der Waals surface area contributed by atoms with E-state index < -0.39 is 20.6 Å². The Labute approximate surface area is 129 Å². The summed E-state index contributed by atoms with van der Waals surface area (Å²) in [6, 6.07) is 1.22. The Balaban J connectivity index is 2.81. The lowest BCUT2D eigenvalue weighted by Crippen LogP contribution is -2.25. The lowest BCUT2D eigenvalue weighted by atomic mass is 10.1. The number of nitrogens with zero attached hydrogens (tertiary/aromatic N) is 1. The van der Waals surface area contributed by atoms with Gasteiger partial charge in [-0.1, -0.05) is 0 Å². The molecular formula is C13H20ClNO5S. The number of rotatable bonds is 7. The Kier molecular flexibility index (Phi) is 5.83. The first-order valence-electron chi connectivity index (χ1n) is 6.48. The monoisotopic (exact) mass is 337 g/mol. The van der Waals surface area contributed by atoms with E-state index in [1.165, 1.54) is 16.8 Å². The third kappa shape index (κ3) is 5.01. The van der Waals surface area contributed by atoms with Crippen LogP contribution in [-0.2, 0) is 25.1 Å². The van der Waals surface area contributed by atoms with E-state index in [0.29, 0.717) is 13.0 Å². The van der Waals surface area contributed by atoms with Gasteiger partial charge in [-0.05, 0) is 26.8 Å². The maximum Gasteiger partial charge on any atom is 0.354 e. The van der Waals surface area contributed by atoms with Crippen LogP contribution in [0, 0.1) is 0 Å². The van der Waals surface area contributed by atoms with E-state index in [1.807, 2.05) is 13.8 Å². The van der Waals surface area contributed by atoms with Crippen LogP contribution < -0.4 is 0 Å². The summed E-state index contributed by atoms with van der Waals surface area (Å²) >= 11 is 0. The topological polar surface area (TPSA) is 74.6 Å². The molecule has 8 heteroatoms. The van der Waals surface area contributed by atoms with Gasteiger partial charge in [-0.15, -0.1) is 0 Å². The zero-order chi connectivity index (χ0) is 16.3. The first-order chi connectivity index (χ1) is 9.60. The van der Waals surface area contributed by atoms with Gasteiger partial charge in [0, 0.05) is 37.0 Å². The minimum atomic E-state index is -3.87. The number of carbonyl (C=O) groups is 1. The second kappa shape index (κ2) is 6.81. The largest absolute Gasteiger partial charge is 0.461 e. The SMILES string of the molecule is CCn1cc(S(=O)(=O)Cl)cc1C(=O)OCCC(C)(C)OC. The predicted molar refractivity (Wildman–Crippen MR) is 79.1 cm³/mol. The van der Waals surface area contributed by atoms with E-state index in [4.69, 9.17) is 20.2 Å². The van der Waals surface area contributed by atoms with Crippen molar-refractivity contribution in [3.8, 4) is 0 Å². The Morgan fingerprint density at radius 1 is 1.43 bits per heavy atom. The summed E-state index contributed by atoms with van der Waals surface area (Å²) in [5.74, 6) is -0.588. The highest BCUT2D eigenvalue weighted by atomic mass is 35.7. The van der Waals surface area contributed by atoms with Crippen molar-refractivity contribution in [1.29, 1.82) is 0 Å². The molecule has 0 aliphatic heterocycles. The molecular weight excluding hydrogens is 318 g/mol. The molecule has 0 amide bonds. The van der Waals surface area contributed by atoms with Crippen LogP contribution in [0.3, 0.4) is 0 Å². The van der Waals surface area contributed by atoms with Crippen molar-refractivity contribution in [2.75, 3.05) is 13.7 Å². The fourth-order valence-electron chi connectivity index (χ4n) is 1.61. The standard InChI is InChI=1S/C13H20ClNO5S/c1-5-15-9-10(21(14,17)18)8-11(15)12(16)20-7-6-13(2,3)19-4/h8-9H,5-7H2,1-4H3. The van der Waals surface area contributed by atoms with Crippen molar-refractivity contribution in [1.82, 2.24) is 4.57 Å². The molecule has 0 unspecified atom stereocenters. The predicted octanol–water partition coefficient (Wildman–Crippen LogP) is 2.41. The number of aromatic nitrogens is 1. The third-order valence-electron chi connectivity index (χ3n) is 3.19. The van der Waals surface area contributed by atoms with Gasteiger partial charge in [0.1, 0.15) is 10.6 Å². The van der Waals surface area contributed by atoms with Crippen LogP contribution in [0.1, 0.15) is 37.7 Å². The molecule has 0 atom stereocenters. The summed E-state index contributed by atoms with van der Waals surface area (Å²) in [5, 5.41) is 0. The van der Waals surface area contributed by atoms with Crippen molar-refractivity contribution in [2.24, 2.45) is 0 Å². The first kappa shape index (κ1) is 18.0. The molecule has 0 saturated heterocycles. The molecule has 0 aromatic carbocycles. The normalized spacial score (nSPS) is 12.4. The summed E-state index contributed by atoms with van der Waals surface area (Å²) in [5.41, 5.74) is -0.232. The number of hydrogen-bond acceptors (Lipinski definition) is 5. The molecule has 21 heavy (non-hydrogen) atoms. The highest BCUT2D eigenvalue weighted by molar-refractivity contribution is 8.13. The average molecular weight is 338 g/mol. The number of carbonyl (C=O) groups excluding carboxylic acids is 1. The quantitative estimate of drug-likeness (QED) is 0.564. The van der Waals surface area contributed by atoms with Gasteiger partial charge >= 0.3 is 5.97 Å². The molecule has 6 nitrogen and oxygen atoms in total. The van der Waals surface area contributed by atoms with Crippen LogP contribution in [0.15, 0.2) is 17.2 Å². The number of ether oxygens (including phenoxy) is 2. The molecule has 1 aromatic heterocycles. The summed E-state index contributed by atoms with van der Waals surface area (Å²) in [6.07, 6.45) is 1.85. The first-order valence-corrected chi connectivity index (χ1v) is 8.79. The van der Waals surface area contributed by atoms with E-state index in [2.05, 4.69) is 0 Å². The van der Waals surface area contributed by atoms with E-state index in [1.54, 1.807) is 14.0 Å². The molecule has 0 aliphatic rings.